The summed E-state index contributed by atoms with van der Waals surface area (Å²) < 4.78 is 18.7. The minimum absolute atomic E-state index is 0.298. The van der Waals surface area contributed by atoms with Crippen molar-refractivity contribution in [3.8, 4) is 11.5 Å². The summed E-state index contributed by atoms with van der Waals surface area (Å²) in [5.74, 6) is 0.953. The van der Waals surface area contributed by atoms with Gasteiger partial charge in [-0.2, -0.15) is 0 Å². The van der Waals surface area contributed by atoms with Crippen LogP contribution in [0.15, 0.2) is 48.5 Å². The highest BCUT2D eigenvalue weighted by Crippen LogP contribution is 2.25. The molecule has 0 aliphatic heterocycles. The van der Waals surface area contributed by atoms with E-state index in [0.717, 1.165) is 11.3 Å². The Bertz CT molecular complexity index is 499. The predicted molar refractivity (Wildman–Crippen MR) is 65.7 cm³/mol. The van der Waals surface area contributed by atoms with Crippen LogP contribution < -0.4 is 10.1 Å². The number of hydrogen-bond donors (Lipinski definition) is 1. The van der Waals surface area contributed by atoms with Gasteiger partial charge in [0, 0.05) is 18.2 Å². The number of nitrogens with one attached hydrogen (secondary N) is 1. The normalized spacial score (nSPS) is 10.2. The van der Waals surface area contributed by atoms with Gasteiger partial charge in [0.1, 0.15) is 17.3 Å². The zero-order valence-electron chi connectivity index (χ0n) is 9.61. The molecular formula is C14H14FNO. The van der Waals surface area contributed by atoms with Crippen molar-refractivity contribution in [2.75, 3.05) is 7.05 Å². The van der Waals surface area contributed by atoms with Crippen LogP contribution in [0, 0.1) is 5.82 Å². The van der Waals surface area contributed by atoms with E-state index in [0.29, 0.717) is 12.3 Å². The highest BCUT2D eigenvalue weighted by atomic mass is 19.1. The Labute approximate surface area is 100 Å². The van der Waals surface area contributed by atoms with Crippen molar-refractivity contribution in [2.24, 2.45) is 0 Å². The number of hydrogen-bond acceptors (Lipinski definition) is 2. The van der Waals surface area contributed by atoms with Gasteiger partial charge in [0.15, 0.2) is 0 Å². The van der Waals surface area contributed by atoms with Gasteiger partial charge in [-0.15, -0.1) is 0 Å². The largest absolute Gasteiger partial charge is 0.457 e. The highest BCUT2D eigenvalue weighted by Gasteiger charge is 2.03. The fourth-order valence-corrected chi connectivity index (χ4v) is 1.60. The molecule has 17 heavy (non-hydrogen) atoms. The number of halogens is 1. The van der Waals surface area contributed by atoms with Gasteiger partial charge in [0.2, 0.25) is 0 Å². The summed E-state index contributed by atoms with van der Waals surface area (Å²) in [5, 5.41) is 3.07. The first-order valence-electron chi connectivity index (χ1n) is 5.45. The average molecular weight is 231 g/mol. The Morgan fingerprint density at radius 1 is 1.12 bits per heavy atom. The molecule has 0 unspecified atom stereocenters. The second-order valence-corrected chi connectivity index (χ2v) is 3.70. The summed E-state index contributed by atoms with van der Waals surface area (Å²) in [7, 11) is 1.87. The Hall–Kier alpha value is -1.87. The maximum absolute atomic E-state index is 13.0. The van der Waals surface area contributed by atoms with Crippen molar-refractivity contribution in [1.82, 2.24) is 5.32 Å². The van der Waals surface area contributed by atoms with Crippen LogP contribution in [0.25, 0.3) is 0 Å². The maximum atomic E-state index is 13.0. The fourth-order valence-electron chi connectivity index (χ4n) is 1.60. The molecule has 3 heteroatoms. The van der Waals surface area contributed by atoms with Crippen molar-refractivity contribution in [1.29, 1.82) is 0 Å². The molecule has 0 aliphatic carbocycles. The molecule has 1 N–H and O–H groups in total. The quantitative estimate of drug-likeness (QED) is 0.871. The van der Waals surface area contributed by atoms with Crippen molar-refractivity contribution in [2.45, 2.75) is 6.54 Å². The molecule has 2 aromatic rings. The minimum atomic E-state index is -0.298. The molecule has 0 amide bonds. The molecule has 88 valence electrons. The van der Waals surface area contributed by atoms with Gasteiger partial charge in [-0.3, -0.25) is 0 Å². The van der Waals surface area contributed by atoms with Crippen LogP contribution in [0.2, 0.25) is 0 Å². The van der Waals surface area contributed by atoms with Gasteiger partial charge < -0.3 is 10.1 Å². The molecule has 0 saturated heterocycles. The van der Waals surface area contributed by atoms with Crippen LogP contribution in [0.3, 0.4) is 0 Å². The Morgan fingerprint density at radius 3 is 2.71 bits per heavy atom. The number of para-hydroxylation sites is 1. The number of ether oxygens (including phenoxy) is 1. The molecule has 2 rings (SSSR count). The van der Waals surface area contributed by atoms with Crippen molar-refractivity contribution < 1.29 is 9.13 Å². The zero-order valence-corrected chi connectivity index (χ0v) is 9.61. The first-order chi connectivity index (χ1) is 8.29. The summed E-state index contributed by atoms with van der Waals surface area (Å²) in [6, 6.07) is 13.8. The van der Waals surface area contributed by atoms with Crippen LogP contribution in [-0.2, 0) is 6.54 Å². The Kier molecular flexibility index (Phi) is 3.73. The molecule has 0 fully saturated rings. The first-order valence-corrected chi connectivity index (χ1v) is 5.45. The third-order valence-corrected chi connectivity index (χ3v) is 2.36. The third-order valence-electron chi connectivity index (χ3n) is 2.36. The van der Waals surface area contributed by atoms with Crippen LogP contribution in [-0.4, -0.2) is 7.05 Å². The lowest BCUT2D eigenvalue weighted by atomic mass is 10.2. The summed E-state index contributed by atoms with van der Waals surface area (Å²) in [5.41, 5.74) is 1.04. The highest BCUT2D eigenvalue weighted by molar-refractivity contribution is 5.37. The van der Waals surface area contributed by atoms with Gasteiger partial charge >= 0.3 is 0 Å². The lowest BCUT2D eigenvalue weighted by Gasteiger charge is -2.10. The second kappa shape index (κ2) is 5.46. The third kappa shape index (κ3) is 3.04. The van der Waals surface area contributed by atoms with Gasteiger partial charge in [-0.25, -0.2) is 4.39 Å². The maximum Gasteiger partial charge on any atom is 0.131 e. The smallest absolute Gasteiger partial charge is 0.131 e. The first kappa shape index (κ1) is 11.6. The zero-order chi connectivity index (χ0) is 12.1. The van der Waals surface area contributed by atoms with Gasteiger partial charge in [0.05, 0.1) is 0 Å². The predicted octanol–water partition coefficient (Wildman–Crippen LogP) is 3.34. The van der Waals surface area contributed by atoms with Crippen LogP contribution in [0.1, 0.15) is 5.56 Å². The summed E-state index contributed by atoms with van der Waals surface area (Å²) >= 11 is 0. The molecule has 0 saturated carbocycles. The van der Waals surface area contributed by atoms with Crippen LogP contribution in [0.4, 0.5) is 4.39 Å². The summed E-state index contributed by atoms with van der Waals surface area (Å²) in [6.45, 7) is 0.714. The molecule has 0 heterocycles. The minimum Gasteiger partial charge on any atom is -0.457 e. The van der Waals surface area contributed by atoms with E-state index in [4.69, 9.17) is 4.74 Å². The van der Waals surface area contributed by atoms with Gasteiger partial charge in [-0.05, 0) is 25.2 Å². The lowest BCUT2D eigenvalue weighted by Crippen LogP contribution is -2.06. The molecule has 0 bridgehead atoms. The standard InChI is InChI=1S/C14H14FNO/c1-16-10-11-5-2-3-8-14(11)17-13-7-4-6-12(15)9-13/h2-9,16H,10H2,1H3. The fraction of sp³-hybridized carbons (Fsp3) is 0.143. The van der Waals surface area contributed by atoms with E-state index in [1.807, 2.05) is 31.3 Å². The lowest BCUT2D eigenvalue weighted by molar-refractivity contribution is 0.469. The molecule has 0 spiro atoms. The summed E-state index contributed by atoms with van der Waals surface area (Å²) in [4.78, 5) is 0. The molecule has 2 nitrogen and oxygen atoms in total. The van der Waals surface area contributed by atoms with Crippen LogP contribution >= 0.6 is 0 Å². The molecular weight excluding hydrogens is 217 g/mol. The molecule has 0 aromatic heterocycles. The SMILES string of the molecule is CNCc1ccccc1Oc1cccc(F)c1. The van der Waals surface area contributed by atoms with E-state index in [1.54, 1.807) is 12.1 Å². The van der Waals surface area contributed by atoms with E-state index >= 15 is 0 Å². The Balaban J connectivity index is 2.23. The monoisotopic (exact) mass is 231 g/mol. The number of benzene rings is 2. The second-order valence-electron chi connectivity index (χ2n) is 3.70. The molecule has 2 aromatic carbocycles. The summed E-state index contributed by atoms with van der Waals surface area (Å²) in [6.07, 6.45) is 0. The van der Waals surface area contributed by atoms with Gasteiger partial charge in [-0.1, -0.05) is 24.3 Å². The van der Waals surface area contributed by atoms with E-state index in [2.05, 4.69) is 5.32 Å². The van der Waals surface area contributed by atoms with Crippen LogP contribution in [0.5, 0.6) is 11.5 Å². The van der Waals surface area contributed by atoms with E-state index in [1.165, 1.54) is 12.1 Å². The molecule has 0 atom stereocenters. The van der Waals surface area contributed by atoms with Crippen molar-refractivity contribution in [3.05, 3.63) is 59.9 Å². The van der Waals surface area contributed by atoms with Crippen molar-refractivity contribution >= 4 is 0 Å². The van der Waals surface area contributed by atoms with E-state index in [9.17, 15) is 4.39 Å². The van der Waals surface area contributed by atoms with Crippen molar-refractivity contribution in [3.63, 3.8) is 0 Å². The molecule has 0 aliphatic rings. The average Bonchev–Trinajstić information content (AvgIpc) is 2.32. The topological polar surface area (TPSA) is 21.3 Å². The van der Waals surface area contributed by atoms with Gasteiger partial charge in [0.25, 0.3) is 0 Å². The Morgan fingerprint density at radius 2 is 1.94 bits per heavy atom. The van der Waals surface area contributed by atoms with E-state index in [-0.39, 0.29) is 5.82 Å². The van der Waals surface area contributed by atoms with E-state index < -0.39 is 0 Å². The molecule has 0 radical (unpaired) electrons. The number of rotatable bonds is 4.